The number of carbonyl (C=O) groups is 1. The maximum absolute atomic E-state index is 13.4. The molecule has 0 aliphatic carbocycles. The molecule has 0 bridgehead atoms. The quantitative estimate of drug-likeness (QED) is 0.874. The highest BCUT2D eigenvalue weighted by atomic mass is 79.9. The number of aliphatic carboxylic acids is 1. The van der Waals surface area contributed by atoms with Crippen molar-refractivity contribution in [1.29, 1.82) is 0 Å². The van der Waals surface area contributed by atoms with Crippen LogP contribution in [0.15, 0.2) is 28.7 Å². The summed E-state index contributed by atoms with van der Waals surface area (Å²) in [4.78, 5) is 10.4. The van der Waals surface area contributed by atoms with Crippen LogP contribution in [0.1, 0.15) is 11.7 Å². The van der Waals surface area contributed by atoms with Gasteiger partial charge in [-0.15, -0.1) is 0 Å². The van der Waals surface area contributed by atoms with Gasteiger partial charge in [-0.25, -0.2) is 4.39 Å². The molecule has 76 valence electrons. The van der Waals surface area contributed by atoms with Crippen LogP contribution < -0.4 is 5.73 Å². The summed E-state index contributed by atoms with van der Waals surface area (Å²) < 4.78 is 14.1. The first kappa shape index (κ1) is 11.1. The second-order valence-electron chi connectivity index (χ2n) is 2.82. The summed E-state index contributed by atoms with van der Waals surface area (Å²) in [5.41, 5.74) is 5.41. The summed E-state index contributed by atoms with van der Waals surface area (Å²) >= 11 is 3.16. The highest BCUT2D eigenvalue weighted by Crippen LogP contribution is 2.23. The number of halogens is 2. The predicted octanol–water partition coefficient (Wildman–Crippen LogP) is 1.87. The molecular formula is C9H9BrFNO2. The van der Waals surface area contributed by atoms with E-state index in [1.807, 2.05) is 0 Å². The zero-order valence-electron chi connectivity index (χ0n) is 7.15. The van der Waals surface area contributed by atoms with Crippen molar-refractivity contribution in [1.82, 2.24) is 0 Å². The van der Waals surface area contributed by atoms with Gasteiger partial charge in [-0.3, -0.25) is 4.79 Å². The minimum absolute atomic E-state index is 0.259. The third-order valence-electron chi connectivity index (χ3n) is 1.77. The first-order valence-electron chi connectivity index (χ1n) is 3.90. The first-order chi connectivity index (χ1) is 6.52. The van der Waals surface area contributed by atoms with Gasteiger partial charge < -0.3 is 10.8 Å². The highest BCUT2D eigenvalue weighted by Gasteiger charge is 2.25. The van der Waals surface area contributed by atoms with Crippen LogP contribution in [0.25, 0.3) is 0 Å². The van der Waals surface area contributed by atoms with E-state index in [1.165, 1.54) is 12.1 Å². The lowest BCUT2D eigenvalue weighted by Crippen LogP contribution is -2.34. The molecule has 2 atom stereocenters. The maximum atomic E-state index is 13.4. The van der Waals surface area contributed by atoms with Crippen molar-refractivity contribution in [2.75, 3.05) is 0 Å². The van der Waals surface area contributed by atoms with Gasteiger partial charge in [0.05, 0.1) is 0 Å². The smallest absolute Gasteiger partial charge is 0.323 e. The van der Waals surface area contributed by atoms with Crippen molar-refractivity contribution in [3.8, 4) is 0 Å². The number of carboxylic acid groups (broad SMARTS) is 1. The molecule has 0 fully saturated rings. The Morgan fingerprint density at radius 1 is 1.57 bits per heavy atom. The maximum Gasteiger partial charge on any atom is 0.323 e. The van der Waals surface area contributed by atoms with Gasteiger partial charge in [-0.05, 0) is 17.7 Å². The van der Waals surface area contributed by atoms with Crippen LogP contribution in [0.3, 0.4) is 0 Å². The summed E-state index contributed by atoms with van der Waals surface area (Å²) in [6.45, 7) is 0. The largest absolute Gasteiger partial charge is 0.480 e. The molecule has 0 aromatic heterocycles. The molecule has 1 aromatic carbocycles. The van der Waals surface area contributed by atoms with Gasteiger partial charge in [0.2, 0.25) is 0 Å². The lowest BCUT2D eigenvalue weighted by molar-refractivity contribution is -0.140. The van der Waals surface area contributed by atoms with E-state index < -0.39 is 18.2 Å². The average molecular weight is 262 g/mol. The van der Waals surface area contributed by atoms with Crippen molar-refractivity contribution in [3.05, 3.63) is 34.3 Å². The molecule has 0 radical (unpaired) electrons. The Balaban J connectivity index is 2.89. The van der Waals surface area contributed by atoms with E-state index in [9.17, 15) is 9.18 Å². The van der Waals surface area contributed by atoms with Crippen molar-refractivity contribution in [2.45, 2.75) is 12.2 Å². The minimum Gasteiger partial charge on any atom is -0.480 e. The minimum atomic E-state index is -1.69. The van der Waals surface area contributed by atoms with Crippen molar-refractivity contribution in [2.24, 2.45) is 5.73 Å². The fraction of sp³-hybridized carbons (Fsp3) is 0.222. The van der Waals surface area contributed by atoms with E-state index in [0.717, 1.165) is 0 Å². The summed E-state index contributed by atoms with van der Waals surface area (Å²) in [6.07, 6.45) is -1.69. The number of rotatable bonds is 3. The molecule has 3 nitrogen and oxygen atoms in total. The van der Waals surface area contributed by atoms with Crippen LogP contribution >= 0.6 is 15.9 Å². The topological polar surface area (TPSA) is 63.3 Å². The zero-order valence-corrected chi connectivity index (χ0v) is 8.74. The molecule has 0 spiro atoms. The molecule has 0 amide bonds. The average Bonchev–Trinajstić information content (AvgIpc) is 2.15. The molecule has 1 aromatic rings. The van der Waals surface area contributed by atoms with Crippen LogP contribution in [-0.4, -0.2) is 17.1 Å². The number of hydrogen-bond acceptors (Lipinski definition) is 2. The van der Waals surface area contributed by atoms with E-state index in [1.54, 1.807) is 12.1 Å². The van der Waals surface area contributed by atoms with E-state index in [2.05, 4.69) is 15.9 Å². The normalized spacial score (nSPS) is 14.8. The standard InChI is InChI=1S/C9H9BrFNO2/c10-6-3-1-2-5(4-6)7(11)8(12)9(13)14/h1-4,7-8H,12H2,(H,13,14). The van der Waals surface area contributed by atoms with Crippen molar-refractivity contribution in [3.63, 3.8) is 0 Å². The molecule has 0 aliphatic rings. The summed E-state index contributed by atoms with van der Waals surface area (Å²) in [5.74, 6) is -1.35. The van der Waals surface area contributed by atoms with Crippen molar-refractivity contribution < 1.29 is 14.3 Å². The molecule has 14 heavy (non-hydrogen) atoms. The molecule has 2 unspecified atom stereocenters. The molecule has 5 heteroatoms. The monoisotopic (exact) mass is 261 g/mol. The number of nitrogens with two attached hydrogens (primary N) is 1. The number of benzene rings is 1. The molecular weight excluding hydrogens is 253 g/mol. The molecule has 1 rings (SSSR count). The SMILES string of the molecule is NC(C(=O)O)C(F)c1cccc(Br)c1. The summed E-state index contributed by atoms with van der Waals surface area (Å²) in [7, 11) is 0. The van der Waals surface area contributed by atoms with E-state index in [0.29, 0.717) is 4.47 Å². The molecule has 0 heterocycles. The van der Waals surface area contributed by atoms with Gasteiger partial charge in [0, 0.05) is 4.47 Å². The Bertz CT molecular complexity index is 345. The van der Waals surface area contributed by atoms with Crippen LogP contribution in [0.5, 0.6) is 0 Å². The predicted molar refractivity (Wildman–Crippen MR) is 53.6 cm³/mol. The third kappa shape index (κ3) is 2.52. The number of hydrogen-bond donors (Lipinski definition) is 2. The van der Waals surface area contributed by atoms with Gasteiger partial charge >= 0.3 is 5.97 Å². The van der Waals surface area contributed by atoms with Gasteiger partial charge in [0.15, 0.2) is 6.17 Å². The Morgan fingerprint density at radius 3 is 2.71 bits per heavy atom. The summed E-state index contributed by atoms with van der Waals surface area (Å²) in [5, 5.41) is 8.51. The molecule has 0 saturated heterocycles. The van der Waals surface area contributed by atoms with Gasteiger partial charge in [-0.1, -0.05) is 28.1 Å². The van der Waals surface area contributed by atoms with E-state index in [4.69, 9.17) is 10.8 Å². The molecule has 3 N–H and O–H groups in total. The first-order valence-corrected chi connectivity index (χ1v) is 4.69. The Kier molecular flexibility index (Phi) is 3.60. The fourth-order valence-electron chi connectivity index (χ4n) is 1.01. The Labute approximate surface area is 88.9 Å². The Morgan fingerprint density at radius 2 is 2.21 bits per heavy atom. The van der Waals surface area contributed by atoms with Crippen LogP contribution in [0, 0.1) is 0 Å². The van der Waals surface area contributed by atoms with Crippen molar-refractivity contribution >= 4 is 21.9 Å². The molecule has 0 aliphatic heterocycles. The zero-order chi connectivity index (χ0) is 10.7. The van der Waals surface area contributed by atoms with Gasteiger partial charge in [-0.2, -0.15) is 0 Å². The fourth-order valence-corrected chi connectivity index (χ4v) is 1.43. The van der Waals surface area contributed by atoms with E-state index in [-0.39, 0.29) is 5.56 Å². The van der Waals surface area contributed by atoms with Crippen LogP contribution in [-0.2, 0) is 4.79 Å². The van der Waals surface area contributed by atoms with Crippen LogP contribution in [0.4, 0.5) is 4.39 Å². The van der Waals surface area contributed by atoms with Gasteiger partial charge in [0.25, 0.3) is 0 Å². The second kappa shape index (κ2) is 4.52. The lowest BCUT2D eigenvalue weighted by atomic mass is 10.0. The lowest BCUT2D eigenvalue weighted by Gasteiger charge is -2.12. The highest BCUT2D eigenvalue weighted by molar-refractivity contribution is 9.10. The second-order valence-corrected chi connectivity index (χ2v) is 3.74. The van der Waals surface area contributed by atoms with E-state index >= 15 is 0 Å². The summed E-state index contributed by atoms with van der Waals surface area (Å²) in [6, 6.07) is 4.83. The van der Waals surface area contributed by atoms with Gasteiger partial charge in [0.1, 0.15) is 6.04 Å². The number of alkyl halides is 1. The molecule has 0 saturated carbocycles. The van der Waals surface area contributed by atoms with Crippen LogP contribution in [0.2, 0.25) is 0 Å². The third-order valence-corrected chi connectivity index (χ3v) is 2.26. The Hall–Kier alpha value is -0.940. The number of carboxylic acids is 1.